The van der Waals surface area contributed by atoms with E-state index in [2.05, 4.69) is 28.3 Å². The molecule has 34 heavy (non-hydrogen) atoms. The summed E-state index contributed by atoms with van der Waals surface area (Å²) in [7, 11) is 3.36. The van der Waals surface area contributed by atoms with Gasteiger partial charge in [-0.15, -0.1) is 0 Å². The lowest BCUT2D eigenvalue weighted by Gasteiger charge is -2.22. The number of esters is 1. The number of carbonyl (C=O) groups excluding carboxylic acids is 1. The number of ether oxygens (including phenoxy) is 2. The van der Waals surface area contributed by atoms with Crippen LogP contribution >= 0.6 is 23.5 Å². The van der Waals surface area contributed by atoms with Crippen molar-refractivity contribution < 1.29 is 14.3 Å². The first-order valence-corrected chi connectivity index (χ1v) is 12.0. The third-order valence-corrected chi connectivity index (χ3v) is 6.48. The number of aryl methyl sites for hydroxylation is 1. The van der Waals surface area contributed by atoms with E-state index >= 15 is 0 Å². The number of carbonyl (C=O) groups is 1. The molecule has 0 amide bonds. The Morgan fingerprint density at radius 1 is 1.12 bits per heavy atom. The van der Waals surface area contributed by atoms with Crippen molar-refractivity contribution in [1.29, 1.82) is 0 Å². The fourth-order valence-electron chi connectivity index (χ4n) is 3.25. The highest BCUT2D eigenvalue weighted by atomic mass is 35.5. The van der Waals surface area contributed by atoms with E-state index in [0.717, 1.165) is 17.1 Å². The number of para-hydroxylation sites is 1. The SMILES string of the molecule is C=C(C(=O)OC)C(NSc1ccc(C)cc1)c1ccc(OCCN(C)c2ccccc2)cc1Cl. The van der Waals surface area contributed by atoms with Gasteiger partial charge >= 0.3 is 5.97 Å². The van der Waals surface area contributed by atoms with Gasteiger partial charge in [0.25, 0.3) is 0 Å². The predicted octanol–water partition coefficient (Wildman–Crippen LogP) is 6.23. The zero-order chi connectivity index (χ0) is 24.5. The van der Waals surface area contributed by atoms with Crippen LogP contribution in [0, 0.1) is 6.92 Å². The van der Waals surface area contributed by atoms with E-state index in [1.807, 2.05) is 68.6 Å². The molecule has 3 aromatic carbocycles. The maximum Gasteiger partial charge on any atom is 0.335 e. The Balaban J connectivity index is 1.68. The second-order valence-electron chi connectivity index (χ2n) is 7.77. The maximum atomic E-state index is 12.2. The quantitative estimate of drug-likeness (QED) is 0.193. The van der Waals surface area contributed by atoms with Crippen LogP contribution in [0.25, 0.3) is 0 Å². The summed E-state index contributed by atoms with van der Waals surface area (Å²) < 4.78 is 14.1. The number of nitrogens with zero attached hydrogens (tertiary/aromatic N) is 1. The van der Waals surface area contributed by atoms with Gasteiger partial charge in [-0.3, -0.25) is 0 Å². The molecule has 0 aromatic heterocycles. The molecule has 0 aliphatic heterocycles. The van der Waals surface area contributed by atoms with Gasteiger partial charge in [-0.05, 0) is 60.8 Å². The normalized spacial score (nSPS) is 11.5. The molecular formula is C27H29ClN2O3S. The average Bonchev–Trinajstić information content (AvgIpc) is 2.86. The molecule has 178 valence electrons. The predicted molar refractivity (Wildman–Crippen MR) is 141 cm³/mol. The molecule has 0 heterocycles. The molecule has 0 aliphatic carbocycles. The van der Waals surface area contributed by atoms with Crippen LogP contribution in [0.2, 0.25) is 5.02 Å². The smallest absolute Gasteiger partial charge is 0.335 e. The van der Waals surface area contributed by atoms with Gasteiger partial charge in [0.1, 0.15) is 12.4 Å². The fraction of sp³-hybridized carbons (Fsp3) is 0.222. The Bertz CT molecular complexity index is 1110. The number of hydrogen-bond donors (Lipinski definition) is 1. The topological polar surface area (TPSA) is 50.8 Å². The molecule has 0 bridgehead atoms. The third-order valence-electron chi connectivity index (χ3n) is 5.29. The number of hydrogen-bond acceptors (Lipinski definition) is 6. The van der Waals surface area contributed by atoms with Crippen LogP contribution in [0.1, 0.15) is 17.2 Å². The summed E-state index contributed by atoms with van der Waals surface area (Å²) in [6, 6.07) is 23.1. The van der Waals surface area contributed by atoms with Crippen LogP contribution in [0.4, 0.5) is 5.69 Å². The Labute approximate surface area is 210 Å². The highest BCUT2D eigenvalue weighted by Crippen LogP contribution is 2.33. The minimum absolute atomic E-state index is 0.266. The van der Waals surface area contributed by atoms with Crippen LogP contribution in [0.3, 0.4) is 0 Å². The Kier molecular flexibility index (Phi) is 9.45. The summed E-state index contributed by atoms with van der Waals surface area (Å²) in [6.45, 7) is 7.20. The molecule has 0 aliphatic rings. The van der Waals surface area contributed by atoms with Crippen LogP contribution in [0.5, 0.6) is 5.75 Å². The van der Waals surface area contributed by atoms with Crippen LogP contribution in [-0.4, -0.2) is 33.3 Å². The summed E-state index contributed by atoms with van der Waals surface area (Å²) in [5, 5.41) is 0.473. The highest BCUT2D eigenvalue weighted by molar-refractivity contribution is 7.97. The molecule has 5 nitrogen and oxygen atoms in total. The Morgan fingerprint density at radius 2 is 1.82 bits per heavy atom. The first-order valence-electron chi connectivity index (χ1n) is 10.8. The van der Waals surface area contributed by atoms with Gasteiger partial charge in [0.2, 0.25) is 0 Å². The van der Waals surface area contributed by atoms with E-state index in [1.54, 1.807) is 6.07 Å². The molecule has 0 saturated carbocycles. The third kappa shape index (κ3) is 7.03. The first-order chi connectivity index (χ1) is 16.4. The average molecular weight is 497 g/mol. The van der Waals surface area contributed by atoms with E-state index < -0.39 is 12.0 Å². The Morgan fingerprint density at radius 3 is 2.47 bits per heavy atom. The first kappa shape index (κ1) is 25.7. The number of halogens is 1. The second-order valence-corrected chi connectivity index (χ2v) is 9.09. The minimum atomic E-state index is -0.537. The number of anilines is 1. The van der Waals surface area contributed by atoms with Crippen LogP contribution < -0.4 is 14.4 Å². The molecule has 3 aromatic rings. The zero-order valence-electron chi connectivity index (χ0n) is 19.6. The van der Waals surface area contributed by atoms with Gasteiger partial charge in [0.05, 0.1) is 25.3 Å². The number of likely N-dealkylation sites (N-methyl/N-ethyl adjacent to an activating group) is 1. The molecule has 1 unspecified atom stereocenters. The van der Waals surface area contributed by atoms with Crippen molar-refractivity contribution in [3.8, 4) is 5.75 Å². The summed E-state index contributed by atoms with van der Waals surface area (Å²) >= 11 is 8.03. The summed E-state index contributed by atoms with van der Waals surface area (Å²) in [6.07, 6.45) is 0. The molecule has 0 fully saturated rings. The van der Waals surface area contributed by atoms with Gasteiger partial charge in [-0.25, -0.2) is 9.52 Å². The van der Waals surface area contributed by atoms with Gasteiger partial charge in [0, 0.05) is 22.7 Å². The highest BCUT2D eigenvalue weighted by Gasteiger charge is 2.24. The maximum absolute atomic E-state index is 12.2. The minimum Gasteiger partial charge on any atom is -0.492 e. The molecule has 0 saturated heterocycles. The standard InChI is InChI=1S/C27H29ClN2O3S/c1-19-10-13-23(14-11-19)34-29-26(20(2)27(31)32-4)24-15-12-22(18-25(24)28)33-17-16-30(3)21-8-6-5-7-9-21/h5-15,18,26,29H,2,16-17H2,1,3-4H3. The van der Waals surface area contributed by atoms with E-state index in [4.69, 9.17) is 21.1 Å². The molecule has 0 spiro atoms. The molecule has 1 atom stereocenters. The van der Waals surface area contributed by atoms with Crippen molar-refractivity contribution in [3.05, 3.63) is 101 Å². The van der Waals surface area contributed by atoms with E-state index in [0.29, 0.717) is 22.9 Å². The van der Waals surface area contributed by atoms with Crippen molar-refractivity contribution in [2.45, 2.75) is 17.9 Å². The zero-order valence-corrected chi connectivity index (χ0v) is 21.2. The van der Waals surface area contributed by atoms with Crippen molar-refractivity contribution >= 4 is 35.2 Å². The van der Waals surface area contributed by atoms with Crippen molar-refractivity contribution in [3.63, 3.8) is 0 Å². The van der Waals surface area contributed by atoms with E-state index in [-0.39, 0.29) is 5.57 Å². The molecule has 1 N–H and O–H groups in total. The van der Waals surface area contributed by atoms with E-state index in [9.17, 15) is 4.79 Å². The molecule has 3 rings (SSSR count). The number of methoxy groups -OCH3 is 1. The number of benzene rings is 3. The monoisotopic (exact) mass is 496 g/mol. The fourth-order valence-corrected chi connectivity index (χ4v) is 4.32. The lowest BCUT2D eigenvalue weighted by molar-refractivity contribution is -0.136. The van der Waals surface area contributed by atoms with Crippen molar-refractivity contribution in [2.75, 3.05) is 32.2 Å². The number of rotatable bonds is 11. The molecule has 7 heteroatoms. The van der Waals surface area contributed by atoms with Gasteiger partial charge in [-0.1, -0.05) is 60.1 Å². The van der Waals surface area contributed by atoms with Crippen LogP contribution in [0.15, 0.2) is 89.8 Å². The summed E-state index contributed by atoms with van der Waals surface area (Å²) in [5.41, 5.74) is 3.28. The van der Waals surface area contributed by atoms with Gasteiger partial charge < -0.3 is 14.4 Å². The van der Waals surface area contributed by atoms with Gasteiger partial charge in [0.15, 0.2) is 0 Å². The number of nitrogens with one attached hydrogen (secondary N) is 1. The van der Waals surface area contributed by atoms with Crippen LogP contribution in [-0.2, 0) is 9.53 Å². The lowest BCUT2D eigenvalue weighted by atomic mass is 10.0. The lowest BCUT2D eigenvalue weighted by Crippen LogP contribution is -2.24. The largest absolute Gasteiger partial charge is 0.492 e. The second kappa shape index (κ2) is 12.5. The summed E-state index contributed by atoms with van der Waals surface area (Å²) in [5.74, 6) is 0.158. The van der Waals surface area contributed by atoms with Crippen molar-refractivity contribution in [1.82, 2.24) is 4.72 Å². The van der Waals surface area contributed by atoms with Crippen molar-refractivity contribution in [2.24, 2.45) is 0 Å². The Hall–Kier alpha value is -2.93. The van der Waals surface area contributed by atoms with E-state index in [1.165, 1.54) is 24.6 Å². The van der Waals surface area contributed by atoms with Gasteiger partial charge in [-0.2, -0.15) is 0 Å². The molecular weight excluding hydrogens is 468 g/mol. The molecule has 0 radical (unpaired) electrons. The summed E-state index contributed by atoms with van der Waals surface area (Å²) in [4.78, 5) is 15.4.